The van der Waals surface area contributed by atoms with Crippen LogP contribution in [0.2, 0.25) is 0 Å². The van der Waals surface area contributed by atoms with E-state index >= 15 is 0 Å². The van der Waals surface area contributed by atoms with Gasteiger partial charge in [0.2, 0.25) is 0 Å². The van der Waals surface area contributed by atoms with Crippen LogP contribution in [0, 0.1) is 0 Å². The highest BCUT2D eigenvalue weighted by Gasteiger charge is 2.35. The highest BCUT2D eigenvalue weighted by molar-refractivity contribution is 6.03. The Bertz CT molecular complexity index is 2830. The quantitative estimate of drug-likeness (QED) is 0.178. The van der Waals surface area contributed by atoms with Crippen LogP contribution in [0.5, 0.6) is 0 Å². The number of fused-ring (bicyclic) bond motifs is 7. The standard InChI is InChI=1S/C48H33N3/c1-48(2)44-11-4-3-9-41(44)42-19-18-34(27-45(42)48)37-24-36(25-38(26-37)40-10-5-7-32-20-22-49-29-43(32)40)30-12-14-31(15-13-30)39-23-35-17-16-33-8-6-21-50-46(33)47(35)51-28-39/h3-29H,1-2H3. The van der Waals surface area contributed by atoms with Crippen molar-refractivity contribution < 1.29 is 0 Å². The Morgan fingerprint density at radius 2 is 1.08 bits per heavy atom. The van der Waals surface area contributed by atoms with Crippen molar-refractivity contribution >= 4 is 32.6 Å². The van der Waals surface area contributed by atoms with Gasteiger partial charge >= 0.3 is 0 Å². The molecule has 1 aliphatic carbocycles. The van der Waals surface area contributed by atoms with Crippen molar-refractivity contribution in [2.75, 3.05) is 0 Å². The number of rotatable bonds is 4. The summed E-state index contributed by atoms with van der Waals surface area (Å²) in [7, 11) is 0. The van der Waals surface area contributed by atoms with Gasteiger partial charge in [-0.1, -0.05) is 111 Å². The van der Waals surface area contributed by atoms with Crippen LogP contribution >= 0.6 is 0 Å². The molecule has 0 saturated heterocycles. The first kappa shape index (κ1) is 29.5. The summed E-state index contributed by atoms with van der Waals surface area (Å²) in [6, 6.07) is 50.9. The monoisotopic (exact) mass is 651 g/mol. The molecule has 0 amide bonds. The minimum absolute atomic E-state index is 0.0687. The SMILES string of the molecule is CC1(C)c2ccccc2-c2ccc(-c3cc(-c4ccc(-c5cnc6c(ccc7cccnc76)c5)cc4)cc(-c4cccc5ccncc45)c3)cc21. The highest BCUT2D eigenvalue weighted by atomic mass is 14.7. The van der Waals surface area contributed by atoms with Gasteiger partial charge < -0.3 is 0 Å². The Morgan fingerprint density at radius 1 is 0.392 bits per heavy atom. The molecular formula is C48H33N3. The topological polar surface area (TPSA) is 38.7 Å². The van der Waals surface area contributed by atoms with E-state index in [0.717, 1.165) is 43.9 Å². The number of hydrogen-bond acceptors (Lipinski definition) is 3. The molecule has 0 fully saturated rings. The molecule has 6 aromatic carbocycles. The van der Waals surface area contributed by atoms with Gasteiger partial charge in [0.05, 0.1) is 11.0 Å². The average Bonchev–Trinajstić information content (AvgIpc) is 3.42. The Balaban J connectivity index is 1.09. The highest BCUT2D eigenvalue weighted by Crippen LogP contribution is 2.50. The summed E-state index contributed by atoms with van der Waals surface area (Å²) in [5, 5.41) is 4.52. The van der Waals surface area contributed by atoms with Crippen molar-refractivity contribution in [3.63, 3.8) is 0 Å². The summed E-state index contributed by atoms with van der Waals surface area (Å²) in [6.45, 7) is 4.69. The van der Waals surface area contributed by atoms with Crippen molar-refractivity contribution in [3.05, 3.63) is 175 Å². The number of hydrogen-bond donors (Lipinski definition) is 0. The fourth-order valence-corrected chi connectivity index (χ4v) is 8.11. The number of benzene rings is 6. The lowest BCUT2D eigenvalue weighted by molar-refractivity contribution is 0.660. The summed E-state index contributed by atoms with van der Waals surface area (Å²) in [5.41, 5.74) is 16.6. The van der Waals surface area contributed by atoms with Gasteiger partial charge in [-0.3, -0.25) is 15.0 Å². The van der Waals surface area contributed by atoms with E-state index in [1.807, 2.05) is 30.9 Å². The van der Waals surface area contributed by atoms with Crippen LogP contribution in [0.25, 0.3) is 88.2 Å². The molecule has 1 aliphatic rings. The van der Waals surface area contributed by atoms with E-state index in [9.17, 15) is 0 Å². The van der Waals surface area contributed by atoms with Crippen molar-refractivity contribution in [2.24, 2.45) is 0 Å². The fourth-order valence-electron chi connectivity index (χ4n) is 8.11. The van der Waals surface area contributed by atoms with Crippen LogP contribution in [0.4, 0.5) is 0 Å². The minimum atomic E-state index is -0.0687. The molecule has 0 bridgehead atoms. The van der Waals surface area contributed by atoms with Crippen LogP contribution in [0.3, 0.4) is 0 Å². The molecule has 0 radical (unpaired) electrons. The third kappa shape index (κ3) is 4.77. The average molecular weight is 652 g/mol. The smallest absolute Gasteiger partial charge is 0.0964 e. The zero-order valence-electron chi connectivity index (χ0n) is 28.4. The first-order chi connectivity index (χ1) is 25.0. The van der Waals surface area contributed by atoms with Crippen molar-refractivity contribution in [2.45, 2.75) is 19.3 Å². The van der Waals surface area contributed by atoms with Crippen LogP contribution in [-0.2, 0) is 5.41 Å². The molecule has 240 valence electrons. The molecule has 3 heteroatoms. The van der Waals surface area contributed by atoms with Gasteiger partial charge in [-0.15, -0.1) is 0 Å². The van der Waals surface area contributed by atoms with E-state index in [1.165, 1.54) is 55.5 Å². The van der Waals surface area contributed by atoms with E-state index < -0.39 is 0 Å². The number of nitrogens with zero attached hydrogens (tertiary/aromatic N) is 3. The first-order valence-electron chi connectivity index (χ1n) is 17.5. The van der Waals surface area contributed by atoms with Crippen LogP contribution in [-0.4, -0.2) is 15.0 Å². The van der Waals surface area contributed by atoms with Crippen molar-refractivity contribution in [1.82, 2.24) is 15.0 Å². The second-order valence-corrected chi connectivity index (χ2v) is 14.1. The van der Waals surface area contributed by atoms with E-state index in [4.69, 9.17) is 4.98 Å². The molecule has 10 rings (SSSR count). The minimum Gasteiger partial charge on any atom is -0.264 e. The first-order valence-corrected chi connectivity index (χ1v) is 17.5. The normalized spacial score (nSPS) is 13.1. The Labute approximate surface area is 297 Å². The molecule has 51 heavy (non-hydrogen) atoms. The van der Waals surface area contributed by atoms with Gasteiger partial charge in [0.25, 0.3) is 0 Å². The Morgan fingerprint density at radius 3 is 1.96 bits per heavy atom. The number of pyridine rings is 3. The second kappa shape index (κ2) is 11.3. The summed E-state index contributed by atoms with van der Waals surface area (Å²) < 4.78 is 0. The van der Waals surface area contributed by atoms with Crippen molar-refractivity contribution in [3.8, 4) is 55.6 Å². The van der Waals surface area contributed by atoms with Gasteiger partial charge in [-0.25, -0.2) is 0 Å². The summed E-state index contributed by atoms with van der Waals surface area (Å²) in [6.07, 6.45) is 7.64. The third-order valence-corrected chi connectivity index (χ3v) is 10.8. The lowest BCUT2D eigenvalue weighted by Crippen LogP contribution is -2.14. The Kier molecular flexibility index (Phi) is 6.53. The lowest BCUT2D eigenvalue weighted by atomic mass is 9.81. The molecule has 3 nitrogen and oxygen atoms in total. The van der Waals surface area contributed by atoms with Gasteiger partial charge in [-0.05, 0) is 109 Å². The fraction of sp³-hybridized carbons (Fsp3) is 0.0625. The molecule has 0 unspecified atom stereocenters. The zero-order chi connectivity index (χ0) is 34.1. The van der Waals surface area contributed by atoms with E-state index in [-0.39, 0.29) is 5.41 Å². The summed E-state index contributed by atoms with van der Waals surface area (Å²) in [5.74, 6) is 0. The molecule has 9 aromatic rings. The molecule has 0 aliphatic heterocycles. The predicted octanol–water partition coefficient (Wildman–Crippen LogP) is 12.3. The zero-order valence-corrected chi connectivity index (χ0v) is 28.4. The molecule has 0 atom stereocenters. The maximum Gasteiger partial charge on any atom is 0.0964 e. The summed E-state index contributed by atoms with van der Waals surface area (Å²) >= 11 is 0. The molecule has 0 saturated carbocycles. The lowest BCUT2D eigenvalue weighted by Gasteiger charge is -2.22. The summed E-state index contributed by atoms with van der Waals surface area (Å²) in [4.78, 5) is 14.0. The second-order valence-electron chi connectivity index (χ2n) is 14.1. The van der Waals surface area contributed by atoms with Crippen LogP contribution in [0.1, 0.15) is 25.0 Å². The van der Waals surface area contributed by atoms with Gasteiger partial charge in [-0.2, -0.15) is 0 Å². The maximum atomic E-state index is 4.86. The van der Waals surface area contributed by atoms with E-state index in [1.54, 1.807) is 0 Å². The molecule has 3 aromatic heterocycles. The molecule has 0 N–H and O–H groups in total. The van der Waals surface area contributed by atoms with Crippen LogP contribution in [0.15, 0.2) is 164 Å². The van der Waals surface area contributed by atoms with Gasteiger partial charge in [0, 0.05) is 51.9 Å². The van der Waals surface area contributed by atoms with Gasteiger partial charge in [0.1, 0.15) is 0 Å². The van der Waals surface area contributed by atoms with E-state index in [0.29, 0.717) is 0 Å². The number of aromatic nitrogens is 3. The van der Waals surface area contributed by atoms with Crippen molar-refractivity contribution in [1.29, 1.82) is 0 Å². The van der Waals surface area contributed by atoms with Gasteiger partial charge in [0.15, 0.2) is 0 Å². The third-order valence-electron chi connectivity index (χ3n) is 10.8. The van der Waals surface area contributed by atoms with Crippen LogP contribution < -0.4 is 0 Å². The maximum absolute atomic E-state index is 4.86. The predicted molar refractivity (Wildman–Crippen MR) is 212 cm³/mol. The molecule has 0 spiro atoms. The largest absolute Gasteiger partial charge is 0.264 e. The van der Waals surface area contributed by atoms with E-state index in [2.05, 4.69) is 157 Å². The Hall–Kier alpha value is -6.45. The molecular weight excluding hydrogens is 619 g/mol. The molecule has 3 heterocycles.